The molecule has 0 N–H and O–H groups in total. The smallest absolute Gasteiger partial charge is 0.269 e. The molecule has 1 aromatic carbocycles. The van der Waals surface area contributed by atoms with E-state index in [9.17, 15) is 10.1 Å². The number of nitro benzene ring substituents is 1. The Morgan fingerprint density at radius 3 is 2.25 bits per heavy atom. The molecule has 0 amide bonds. The third-order valence-electron chi connectivity index (χ3n) is 4.80. The second-order valence-electron chi connectivity index (χ2n) is 6.22. The molecule has 0 aromatic heterocycles. The first-order valence-corrected chi connectivity index (χ1v) is 7.63. The first-order chi connectivity index (χ1) is 9.53. The first-order valence-electron chi connectivity index (χ1n) is 7.63. The van der Waals surface area contributed by atoms with Crippen molar-refractivity contribution < 1.29 is 9.41 Å². The van der Waals surface area contributed by atoms with Crippen LogP contribution in [0, 0.1) is 10.1 Å². The molecule has 0 bridgehead atoms. The summed E-state index contributed by atoms with van der Waals surface area (Å²) in [6.45, 7) is 8.35. The van der Waals surface area contributed by atoms with E-state index in [1.807, 2.05) is 12.1 Å². The maximum Gasteiger partial charge on any atom is 0.269 e. The van der Waals surface area contributed by atoms with Gasteiger partial charge < -0.3 is 4.48 Å². The van der Waals surface area contributed by atoms with Gasteiger partial charge in [0, 0.05) is 18.6 Å². The van der Waals surface area contributed by atoms with Gasteiger partial charge in [-0.1, -0.05) is 12.1 Å². The van der Waals surface area contributed by atoms with Crippen molar-refractivity contribution in [1.82, 2.24) is 0 Å². The predicted octanol–water partition coefficient (Wildman–Crippen LogP) is 3.55. The molecule has 1 aliphatic heterocycles. The van der Waals surface area contributed by atoms with Crippen molar-refractivity contribution in [2.24, 2.45) is 0 Å². The molecule has 2 rings (SSSR count). The van der Waals surface area contributed by atoms with E-state index < -0.39 is 0 Å². The van der Waals surface area contributed by atoms with E-state index in [0.717, 1.165) is 13.0 Å². The second-order valence-corrected chi connectivity index (χ2v) is 6.22. The van der Waals surface area contributed by atoms with E-state index >= 15 is 0 Å². The Hall–Kier alpha value is -1.42. The van der Waals surface area contributed by atoms with Crippen molar-refractivity contribution in [3.05, 3.63) is 39.9 Å². The molecule has 4 heteroatoms. The fraction of sp³-hybridized carbons (Fsp3) is 0.625. The van der Waals surface area contributed by atoms with Crippen LogP contribution in [0.25, 0.3) is 0 Å². The molecule has 0 saturated carbocycles. The summed E-state index contributed by atoms with van der Waals surface area (Å²) in [5, 5.41) is 10.7. The summed E-state index contributed by atoms with van der Waals surface area (Å²) < 4.78 is 1.21. The van der Waals surface area contributed by atoms with Crippen LogP contribution in [0.15, 0.2) is 24.3 Å². The maximum atomic E-state index is 10.7. The van der Waals surface area contributed by atoms with Gasteiger partial charge >= 0.3 is 0 Å². The van der Waals surface area contributed by atoms with Crippen LogP contribution < -0.4 is 0 Å². The Labute approximate surface area is 121 Å². The van der Waals surface area contributed by atoms with E-state index in [0.29, 0.717) is 6.04 Å². The molecular formula is C16H25N2O2+. The third kappa shape index (κ3) is 3.37. The highest BCUT2D eigenvalue weighted by molar-refractivity contribution is 5.32. The summed E-state index contributed by atoms with van der Waals surface area (Å²) in [4.78, 5) is 10.3. The second kappa shape index (κ2) is 6.35. The first kappa shape index (κ1) is 15.0. The summed E-state index contributed by atoms with van der Waals surface area (Å²) in [5.74, 6) is 0. The van der Waals surface area contributed by atoms with Gasteiger partial charge in [0.25, 0.3) is 5.69 Å². The number of piperidine rings is 1. The lowest BCUT2D eigenvalue weighted by Crippen LogP contribution is -2.57. The van der Waals surface area contributed by atoms with Gasteiger partial charge in [-0.05, 0) is 38.7 Å². The van der Waals surface area contributed by atoms with Crippen molar-refractivity contribution in [2.45, 2.75) is 45.6 Å². The van der Waals surface area contributed by atoms with Crippen LogP contribution in [0.2, 0.25) is 0 Å². The van der Waals surface area contributed by atoms with E-state index in [2.05, 4.69) is 13.8 Å². The lowest BCUT2D eigenvalue weighted by Gasteiger charge is -2.45. The molecule has 4 nitrogen and oxygen atoms in total. The Morgan fingerprint density at radius 2 is 1.75 bits per heavy atom. The number of hydrogen-bond acceptors (Lipinski definition) is 2. The molecule has 1 saturated heterocycles. The number of likely N-dealkylation sites (tertiary alicyclic amines) is 1. The Kier molecular flexibility index (Phi) is 4.76. The molecule has 1 aromatic rings. The molecule has 0 atom stereocenters. The monoisotopic (exact) mass is 277 g/mol. The number of quaternary nitrogens is 1. The van der Waals surface area contributed by atoms with E-state index in [1.165, 1.54) is 42.4 Å². The minimum atomic E-state index is -0.337. The van der Waals surface area contributed by atoms with Crippen molar-refractivity contribution in [1.29, 1.82) is 0 Å². The molecule has 110 valence electrons. The highest BCUT2D eigenvalue weighted by atomic mass is 16.6. The number of non-ortho nitro benzene ring substituents is 1. The van der Waals surface area contributed by atoms with Crippen molar-refractivity contribution in [2.75, 3.05) is 19.6 Å². The average molecular weight is 277 g/mol. The molecule has 0 unspecified atom stereocenters. The number of rotatable bonds is 5. The zero-order valence-corrected chi connectivity index (χ0v) is 12.5. The quantitative estimate of drug-likeness (QED) is 0.469. The van der Waals surface area contributed by atoms with Crippen LogP contribution in [0.1, 0.15) is 38.7 Å². The van der Waals surface area contributed by atoms with Crippen molar-refractivity contribution in [3.63, 3.8) is 0 Å². The van der Waals surface area contributed by atoms with Crippen LogP contribution >= 0.6 is 0 Å². The highest BCUT2D eigenvalue weighted by Crippen LogP contribution is 2.24. The summed E-state index contributed by atoms with van der Waals surface area (Å²) in [5.41, 5.74) is 1.39. The number of nitro groups is 1. The Bertz CT molecular complexity index is 448. The SMILES string of the molecule is CC(C)[N+]1(CCc2ccc([N+](=O)[O-])cc2)CCCCC1. The lowest BCUT2D eigenvalue weighted by atomic mass is 10.0. The summed E-state index contributed by atoms with van der Waals surface area (Å²) >= 11 is 0. The Balaban J connectivity index is 2.00. The summed E-state index contributed by atoms with van der Waals surface area (Å²) in [7, 11) is 0. The Morgan fingerprint density at radius 1 is 1.15 bits per heavy atom. The van der Waals surface area contributed by atoms with Crippen LogP contribution in [0.3, 0.4) is 0 Å². The van der Waals surface area contributed by atoms with E-state index in [1.54, 1.807) is 12.1 Å². The predicted molar refractivity (Wildman–Crippen MR) is 80.6 cm³/mol. The zero-order chi connectivity index (χ0) is 14.6. The van der Waals surface area contributed by atoms with E-state index in [4.69, 9.17) is 0 Å². The van der Waals surface area contributed by atoms with Gasteiger partial charge in [0.1, 0.15) is 0 Å². The average Bonchev–Trinajstić information content (AvgIpc) is 2.46. The van der Waals surface area contributed by atoms with Crippen molar-refractivity contribution >= 4 is 5.69 Å². The molecule has 0 spiro atoms. The molecule has 0 radical (unpaired) electrons. The van der Waals surface area contributed by atoms with E-state index in [-0.39, 0.29) is 10.6 Å². The van der Waals surface area contributed by atoms with Crippen LogP contribution in [-0.4, -0.2) is 35.1 Å². The lowest BCUT2D eigenvalue weighted by molar-refractivity contribution is -0.951. The minimum absolute atomic E-state index is 0.180. The molecule has 1 heterocycles. The molecular weight excluding hydrogens is 252 g/mol. The minimum Gasteiger partial charge on any atom is -0.321 e. The topological polar surface area (TPSA) is 43.1 Å². The van der Waals surface area contributed by atoms with Crippen LogP contribution in [0.5, 0.6) is 0 Å². The molecule has 1 aliphatic rings. The van der Waals surface area contributed by atoms with Crippen molar-refractivity contribution in [3.8, 4) is 0 Å². The fourth-order valence-electron chi connectivity index (χ4n) is 3.28. The molecule has 20 heavy (non-hydrogen) atoms. The fourth-order valence-corrected chi connectivity index (χ4v) is 3.28. The van der Waals surface area contributed by atoms with Gasteiger partial charge in [0.15, 0.2) is 0 Å². The van der Waals surface area contributed by atoms with Gasteiger partial charge in [-0.2, -0.15) is 0 Å². The van der Waals surface area contributed by atoms with Crippen LogP contribution in [0.4, 0.5) is 5.69 Å². The standard InChI is InChI=1S/C16H25N2O2/c1-14(2)18(11-4-3-5-12-18)13-10-15-6-8-16(9-7-15)17(19)20/h6-9,14H,3-5,10-13H2,1-2H3/q+1. The summed E-state index contributed by atoms with van der Waals surface area (Å²) in [6, 6.07) is 7.70. The maximum absolute atomic E-state index is 10.7. The van der Waals surface area contributed by atoms with Gasteiger partial charge in [0.05, 0.1) is 30.6 Å². The number of hydrogen-bond donors (Lipinski definition) is 0. The van der Waals surface area contributed by atoms with Crippen LogP contribution in [-0.2, 0) is 6.42 Å². The summed E-state index contributed by atoms with van der Waals surface area (Å²) in [6.07, 6.45) is 5.04. The normalized spacial score (nSPS) is 18.1. The number of benzene rings is 1. The van der Waals surface area contributed by atoms with Gasteiger partial charge in [-0.15, -0.1) is 0 Å². The molecule has 0 aliphatic carbocycles. The van der Waals surface area contributed by atoms with Gasteiger partial charge in [-0.25, -0.2) is 0 Å². The number of nitrogens with zero attached hydrogens (tertiary/aromatic N) is 2. The zero-order valence-electron chi connectivity index (χ0n) is 12.5. The third-order valence-corrected chi connectivity index (χ3v) is 4.80. The molecule has 1 fully saturated rings. The largest absolute Gasteiger partial charge is 0.321 e. The van der Waals surface area contributed by atoms with Gasteiger partial charge in [-0.3, -0.25) is 10.1 Å². The van der Waals surface area contributed by atoms with Gasteiger partial charge in [0.2, 0.25) is 0 Å². The highest BCUT2D eigenvalue weighted by Gasteiger charge is 2.32.